The van der Waals surface area contributed by atoms with Crippen LogP contribution >= 0.6 is 31.9 Å². The van der Waals surface area contributed by atoms with Crippen LogP contribution in [0.3, 0.4) is 0 Å². The molecule has 0 spiro atoms. The lowest BCUT2D eigenvalue weighted by Gasteiger charge is -2.31. The molecule has 0 saturated heterocycles. The molecule has 0 aliphatic carbocycles. The number of hydrogen-bond acceptors (Lipinski definition) is 2. The maximum atomic E-state index is 12.9. The van der Waals surface area contributed by atoms with Crippen molar-refractivity contribution in [1.29, 1.82) is 0 Å². The molecule has 0 aliphatic rings. The molecule has 0 bridgehead atoms. The summed E-state index contributed by atoms with van der Waals surface area (Å²) in [5, 5.41) is 0.625. The van der Waals surface area contributed by atoms with Crippen LogP contribution in [0.15, 0.2) is 59.1 Å². The van der Waals surface area contributed by atoms with Gasteiger partial charge in [0.15, 0.2) is 5.78 Å². The third-order valence-electron chi connectivity index (χ3n) is 3.71. The van der Waals surface area contributed by atoms with Crippen LogP contribution in [-0.4, -0.2) is 30.1 Å². The number of benzene rings is 2. The molecular formula is C18H19Br2NO. The van der Waals surface area contributed by atoms with E-state index in [4.69, 9.17) is 0 Å². The summed E-state index contributed by atoms with van der Waals surface area (Å²) in [6.45, 7) is 0. The Morgan fingerprint density at radius 1 is 1.05 bits per heavy atom. The van der Waals surface area contributed by atoms with E-state index in [1.54, 1.807) is 0 Å². The predicted octanol–water partition coefficient (Wildman–Crippen LogP) is 4.95. The highest BCUT2D eigenvalue weighted by Gasteiger charge is 2.30. The fraction of sp³-hybridized carbons (Fsp3) is 0.278. The van der Waals surface area contributed by atoms with Crippen molar-refractivity contribution >= 4 is 37.6 Å². The van der Waals surface area contributed by atoms with Gasteiger partial charge in [-0.15, -0.1) is 0 Å². The standard InChI is InChI=1S/C18H19Br2NO/c1-21(2)17(13-6-4-3-5-7-13)16(12-19)18(22)14-8-10-15(20)11-9-14/h3-11,16-17H,12H2,1-2H3. The molecule has 0 aromatic heterocycles. The first kappa shape index (κ1) is 17.4. The monoisotopic (exact) mass is 423 g/mol. The minimum absolute atomic E-state index is 0.0386. The highest BCUT2D eigenvalue weighted by atomic mass is 79.9. The van der Waals surface area contributed by atoms with Gasteiger partial charge in [-0.05, 0) is 31.8 Å². The first-order valence-corrected chi connectivity index (χ1v) is 9.03. The van der Waals surface area contributed by atoms with E-state index in [0.29, 0.717) is 5.33 Å². The highest BCUT2D eigenvalue weighted by Crippen LogP contribution is 2.31. The third kappa shape index (κ3) is 4.06. The molecule has 0 radical (unpaired) electrons. The molecule has 0 N–H and O–H groups in total. The minimum Gasteiger partial charge on any atom is -0.302 e. The number of carbonyl (C=O) groups is 1. The first-order chi connectivity index (χ1) is 10.5. The second-order valence-corrected chi connectivity index (χ2v) is 7.01. The van der Waals surface area contributed by atoms with E-state index in [1.165, 1.54) is 0 Å². The Labute approximate surface area is 148 Å². The topological polar surface area (TPSA) is 20.3 Å². The number of rotatable bonds is 6. The Kier molecular flexibility index (Phi) is 6.36. The average Bonchev–Trinajstić information content (AvgIpc) is 2.53. The van der Waals surface area contributed by atoms with Gasteiger partial charge in [0, 0.05) is 21.4 Å². The zero-order chi connectivity index (χ0) is 16.1. The number of carbonyl (C=O) groups excluding carboxylic acids is 1. The van der Waals surface area contributed by atoms with E-state index >= 15 is 0 Å². The second kappa shape index (κ2) is 8.04. The molecule has 0 amide bonds. The molecule has 0 saturated carbocycles. The zero-order valence-electron chi connectivity index (χ0n) is 12.7. The quantitative estimate of drug-likeness (QED) is 0.483. The van der Waals surface area contributed by atoms with E-state index in [2.05, 4.69) is 48.9 Å². The molecule has 4 heteroatoms. The third-order valence-corrected chi connectivity index (χ3v) is 4.94. The summed E-state index contributed by atoms with van der Waals surface area (Å²) in [5.41, 5.74) is 1.90. The van der Waals surface area contributed by atoms with Crippen molar-refractivity contribution in [2.24, 2.45) is 5.92 Å². The first-order valence-electron chi connectivity index (χ1n) is 7.11. The van der Waals surface area contributed by atoms with Crippen molar-refractivity contribution < 1.29 is 4.79 Å². The van der Waals surface area contributed by atoms with Gasteiger partial charge in [-0.25, -0.2) is 0 Å². The lowest BCUT2D eigenvalue weighted by Crippen LogP contribution is -2.33. The minimum atomic E-state index is -0.140. The Balaban J connectivity index is 2.35. The summed E-state index contributed by atoms with van der Waals surface area (Å²) in [6.07, 6.45) is 0. The molecule has 0 aliphatic heterocycles. The molecule has 0 fully saturated rings. The zero-order valence-corrected chi connectivity index (χ0v) is 15.8. The number of Topliss-reactive ketones (excluding diaryl/α,β-unsaturated/α-hetero) is 1. The lowest BCUT2D eigenvalue weighted by molar-refractivity contribution is 0.0857. The Bertz CT molecular complexity index is 611. The molecular weight excluding hydrogens is 406 g/mol. The number of halogens is 2. The summed E-state index contributed by atoms with van der Waals surface area (Å²) in [6, 6.07) is 17.8. The van der Waals surface area contributed by atoms with Gasteiger partial charge >= 0.3 is 0 Å². The maximum absolute atomic E-state index is 12.9. The largest absolute Gasteiger partial charge is 0.302 e. The van der Waals surface area contributed by atoms with Gasteiger partial charge in [0.05, 0.1) is 5.92 Å². The van der Waals surface area contributed by atoms with Gasteiger partial charge in [-0.2, -0.15) is 0 Å². The average molecular weight is 425 g/mol. The van der Waals surface area contributed by atoms with Gasteiger partial charge in [0.1, 0.15) is 0 Å². The maximum Gasteiger partial charge on any atom is 0.168 e. The van der Waals surface area contributed by atoms with Gasteiger partial charge in [-0.1, -0.05) is 74.3 Å². The van der Waals surface area contributed by atoms with Gasteiger partial charge < -0.3 is 4.90 Å². The van der Waals surface area contributed by atoms with E-state index < -0.39 is 0 Å². The van der Waals surface area contributed by atoms with Gasteiger partial charge in [0.25, 0.3) is 0 Å². The molecule has 2 aromatic carbocycles. The summed E-state index contributed by atoms with van der Waals surface area (Å²) in [5.74, 6) is 0.0190. The van der Waals surface area contributed by atoms with Crippen LogP contribution in [-0.2, 0) is 0 Å². The molecule has 2 rings (SSSR count). The van der Waals surface area contributed by atoms with E-state index in [1.807, 2.05) is 56.6 Å². The van der Waals surface area contributed by atoms with Crippen molar-refractivity contribution in [3.05, 3.63) is 70.2 Å². The molecule has 22 heavy (non-hydrogen) atoms. The summed E-state index contributed by atoms with van der Waals surface area (Å²) in [4.78, 5) is 15.0. The predicted molar refractivity (Wildman–Crippen MR) is 98.6 cm³/mol. The van der Waals surface area contributed by atoms with Crippen LogP contribution in [0.5, 0.6) is 0 Å². The van der Waals surface area contributed by atoms with Gasteiger partial charge in [0.2, 0.25) is 0 Å². The van der Waals surface area contributed by atoms with Crippen LogP contribution in [0.1, 0.15) is 22.0 Å². The number of nitrogens with zero attached hydrogens (tertiary/aromatic N) is 1. The van der Waals surface area contributed by atoms with Crippen molar-refractivity contribution in [3.63, 3.8) is 0 Å². The van der Waals surface area contributed by atoms with Crippen molar-refractivity contribution in [2.75, 3.05) is 19.4 Å². The second-order valence-electron chi connectivity index (χ2n) is 5.45. The summed E-state index contributed by atoms with van der Waals surface area (Å²) in [7, 11) is 4.03. The molecule has 2 unspecified atom stereocenters. The summed E-state index contributed by atoms with van der Waals surface area (Å²) >= 11 is 6.95. The Morgan fingerprint density at radius 2 is 1.64 bits per heavy atom. The van der Waals surface area contributed by atoms with Crippen molar-refractivity contribution in [1.82, 2.24) is 4.90 Å². The molecule has 2 nitrogen and oxygen atoms in total. The number of hydrogen-bond donors (Lipinski definition) is 0. The van der Waals surface area contributed by atoms with Crippen LogP contribution in [0.2, 0.25) is 0 Å². The lowest BCUT2D eigenvalue weighted by atomic mass is 9.87. The van der Waals surface area contributed by atoms with E-state index in [0.717, 1.165) is 15.6 Å². The van der Waals surface area contributed by atoms with Crippen LogP contribution in [0, 0.1) is 5.92 Å². The summed E-state index contributed by atoms with van der Waals surface area (Å²) < 4.78 is 0.978. The fourth-order valence-electron chi connectivity index (χ4n) is 2.67. The highest BCUT2D eigenvalue weighted by molar-refractivity contribution is 9.10. The molecule has 116 valence electrons. The normalized spacial score (nSPS) is 13.9. The SMILES string of the molecule is CN(C)C(c1ccccc1)C(CBr)C(=O)c1ccc(Br)cc1. The van der Waals surface area contributed by atoms with Crippen molar-refractivity contribution in [3.8, 4) is 0 Å². The number of alkyl halides is 1. The van der Waals surface area contributed by atoms with Gasteiger partial charge in [-0.3, -0.25) is 4.79 Å². The molecule has 2 atom stereocenters. The smallest absolute Gasteiger partial charge is 0.168 e. The molecule has 0 heterocycles. The van der Waals surface area contributed by atoms with E-state index in [-0.39, 0.29) is 17.7 Å². The molecule has 2 aromatic rings. The van der Waals surface area contributed by atoms with Crippen LogP contribution < -0.4 is 0 Å². The Morgan fingerprint density at radius 3 is 2.14 bits per heavy atom. The van der Waals surface area contributed by atoms with Crippen LogP contribution in [0.4, 0.5) is 0 Å². The van der Waals surface area contributed by atoms with Crippen LogP contribution in [0.25, 0.3) is 0 Å². The Hall–Kier alpha value is -0.970. The van der Waals surface area contributed by atoms with Crippen molar-refractivity contribution in [2.45, 2.75) is 6.04 Å². The fourth-order valence-corrected chi connectivity index (χ4v) is 3.58. The number of ketones is 1. The van der Waals surface area contributed by atoms with E-state index in [9.17, 15) is 4.79 Å².